The molecule has 0 spiro atoms. The Morgan fingerprint density at radius 2 is 1.97 bits per heavy atom. The molecule has 172 valence electrons. The number of hydrogen-bond acceptors (Lipinski definition) is 5. The van der Waals surface area contributed by atoms with E-state index >= 15 is 0 Å². The molecule has 3 rings (SSSR count). The maximum absolute atomic E-state index is 14.5. The minimum atomic E-state index is -1.12. The molecule has 0 radical (unpaired) electrons. The van der Waals surface area contributed by atoms with Gasteiger partial charge in [-0.05, 0) is 32.8 Å². The van der Waals surface area contributed by atoms with E-state index in [2.05, 4.69) is 5.32 Å². The van der Waals surface area contributed by atoms with Gasteiger partial charge in [0.1, 0.15) is 6.10 Å². The van der Waals surface area contributed by atoms with Gasteiger partial charge in [-0.3, -0.25) is 9.59 Å². The Morgan fingerprint density at radius 3 is 2.59 bits per heavy atom. The molecular formula is C23H26F2N2O5. The van der Waals surface area contributed by atoms with Gasteiger partial charge in [0.2, 0.25) is 11.6 Å². The summed E-state index contributed by atoms with van der Waals surface area (Å²) in [6.45, 7) is 8.51. The molecule has 2 heterocycles. The summed E-state index contributed by atoms with van der Waals surface area (Å²) < 4.78 is 40.3. The molecule has 0 aliphatic carbocycles. The summed E-state index contributed by atoms with van der Waals surface area (Å²) in [5.74, 6) is -4.29. The molecule has 32 heavy (non-hydrogen) atoms. The second-order valence-corrected chi connectivity index (χ2v) is 8.34. The Balaban J connectivity index is 2.00. The van der Waals surface area contributed by atoms with Crippen molar-refractivity contribution in [3.63, 3.8) is 0 Å². The van der Waals surface area contributed by atoms with Crippen molar-refractivity contribution >= 4 is 17.4 Å². The van der Waals surface area contributed by atoms with Gasteiger partial charge < -0.3 is 20.0 Å². The van der Waals surface area contributed by atoms with E-state index in [1.807, 2.05) is 20.8 Å². The number of benzene rings is 1. The van der Waals surface area contributed by atoms with Crippen LogP contribution in [-0.4, -0.2) is 30.0 Å². The van der Waals surface area contributed by atoms with Crippen molar-refractivity contribution in [3.8, 4) is 5.75 Å². The third-order valence-corrected chi connectivity index (χ3v) is 5.93. The average molecular weight is 448 g/mol. The Labute approximate surface area is 184 Å². The molecule has 1 N–H and O–H groups in total. The van der Waals surface area contributed by atoms with Gasteiger partial charge >= 0.3 is 0 Å². The molecule has 1 saturated heterocycles. The lowest BCUT2D eigenvalue weighted by Crippen LogP contribution is -2.35. The van der Waals surface area contributed by atoms with Crippen molar-refractivity contribution in [2.45, 2.75) is 52.2 Å². The van der Waals surface area contributed by atoms with Crippen LogP contribution in [0.3, 0.4) is 0 Å². The highest BCUT2D eigenvalue weighted by atomic mass is 19.2. The summed E-state index contributed by atoms with van der Waals surface area (Å²) in [7, 11) is 0. The first-order valence-corrected chi connectivity index (χ1v) is 10.3. The molecule has 1 fully saturated rings. The fraction of sp³-hybridized carbons (Fsp3) is 0.435. The number of carbonyl (C=O) groups excluding carboxylic acids is 2. The monoisotopic (exact) mass is 448 g/mol. The summed E-state index contributed by atoms with van der Waals surface area (Å²) in [6, 6.07) is 5.05. The van der Waals surface area contributed by atoms with E-state index in [0.29, 0.717) is 10.3 Å². The smallest absolute Gasteiger partial charge is 0.261 e. The second-order valence-electron chi connectivity index (χ2n) is 8.34. The SMILES string of the molecule is CCOc1c([C@@H]2[C@@H](C(=O)Nc3cc[n+]([O-])c(C(C)=O)c3)OC(C)(C)[C@@H]2C)ccc(F)c1F. The number of hydrogen-bond donors (Lipinski definition) is 1. The number of rotatable bonds is 6. The van der Waals surface area contributed by atoms with Gasteiger partial charge in [-0.15, -0.1) is 0 Å². The number of nitrogens with zero attached hydrogens (tertiary/aromatic N) is 1. The number of halogens is 2. The number of nitrogens with one attached hydrogen (secondary N) is 1. The van der Waals surface area contributed by atoms with Crippen molar-refractivity contribution < 1.29 is 32.6 Å². The molecule has 7 nitrogen and oxygen atoms in total. The van der Waals surface area contributed by atoms with E-state index in [0.717, 1.165) is 12.3 Å². The third kappa shape index (κ3) is 4.29. The quantitative estimate of drug-likeness (QED) is 0.413. The van der Waals surface area contributed by atoms with Crippen LogP contribution >= 0.6 is 0 Å². The van der Waals surface area contributed by atoms with Crippen molar-refractivity contribution in [2.24, 2.45) is 5.92 Å². The third-order valence-electron chi connectivity index (χ3n) is 5.93. The Hall–Kier alpha value is -3.07. The number of amides is 1. The van der Waals surface area contributed by atoms with E-state index in [-0.39, 0.29) is 29.7 Å². The molecule has 1 aliphatic rings. The highest BCUT2D eigenvalue weighted by Crippen LogP contribution is 2.49. The minimum Gasteiger partial charge on any atom is -0.618 e. The predicted molar refractivity (Wildman–Crippen MR) is 112 cm³/mol. The van der Waals surface area contributed by atoms with E-state index in [1.54, 1.807) is 6.92 Å². The highest BCUT2D eigenvalue weighted by molar-refractivity contribution is 5.97. The fourth-order valence-electron chi connectivity index (χ4n) is 3.99. The van der Waals surface area contributed by atoms with Gasteiger partial charge in [-0.2, -0.15) is 9.12 Å². The molecule has 1 aliphatic heterocycles. The average Bonchev–Trinajstić information content (AvgIpc) is 2.96. The van der Waals surface area contributed by atoms with Crippen LogP contribution in [0.15, 0.2) is 30.5 Å². The van der Waals surface area contributed by atoms with E-state index in [4.69, 9.17) is 9.47 Å². The number of carbonyl (C=O) groups is 2. The summed E-state index contributed by atoms with van der Waals surface area (Å²) in [5, 5.41) is 14.4. The van der Waals surface area contributed by atoms with Gasteiger partial charge in [0, 0.05) is 30.5 Å². The fourth-order valence-corrected chi connectivity index (χ4v) is 3.99. The number of anilines is 1. The van der Waals surface area contributed by atoms with Gasteiger partial charge in [-0.25, -0.2) is 4.39 Å². The zero-order valence-corrected chi connectivity index (χ0v) is 18.6. The van der Waals surface area contributed by atoms with Gasteiger partial charge in [-0.1, -0.05) is 13.0 Å². The molecule has 0 bridgehead atoms. The zero-order chi connectivity index (χ0) is 23.8. The van der Waals surface area contributed by atoms with Crippen LogP contribution in [0, 0.1) is 22.8 Å². The summed E-state index contributed by atoms with van der Waals surface area (Å²) in [6.07, 6.45) is 0.0680. The number of ether oxygens (including phenoxy) is 2. The molecule has 2 aromatic rings. The second kappa shape index (κ2) is 8.82. The summed E-state index contributed by atoms with van der Waals surface area (Å²) in [4.78, 5) is 24.9. The van der Waals surface area contributed by atoms with Gasteiger partial charge in [0.05, 0.1) is 17.9 Å². The topological polar surface area (TPSA) is 91.6 Å². The molecule has 0 unspecified atom stereocenters. The molecule has 3 atom stereocenters. The maximum Gasteiger partial charge on any atom is 0.261 e. The number of ketones is 1. The number of Topliss-reactive ketones (excluding diaryl/α,β-unsaturated/α-hetero) is 1. The van der Waals surface area contributed by atoms with Crippen LogP contribution in [0.1, 0.15) is 56.6 Å². The lowest BCUT2D eigenvalue weighted by atomic mass is 9.78. The highest BCUT2D eigenvalue weighted by Gasteiger charge is 2.51. The van der Waals surface area contributed by atoms with E-state index in [9.17, 15) is 23.6 Å². The van der Waals surface area contributed by atoms with Crippen molar-refractivity contribution in [3.05, 3.63) is 58.6 Å². The Bertz CT molecular complexity index is 1060. The Kier molecular flexibility index (Phi) is 6.50. The van der Waals surface area contributed by atoms with Crippen molar-refractivity contribution in [2.75, 3.05) is 11.9 Å². The first-order chi connectivity index (χ1) is 15.0. The Morgan fingerprint density at radius 1 is 1.28 bits per heavy atom. The molecular weight excluding hydrogens is 422 g/mol. The van der Waals surface area contributed by atoms with Gasteiger partial charge in [0.15, 0.2) is 17.8 Å². The van der Waals surface area contributed by atoms with Gasteiger partial charge in [0.25, 0.3) is 11.6 Å². The minimum absolute atomic E-state index is 0.114. The van der Waals surface area contributed by atoms with Crippen molar-refractivity contribution in [1.82, 2.24) is 0 Å². The van der Waals surface area contributed by atoms with Crippen LogP contribution in [0.5, 0.6) is 5.75 Å². The number of pyridine rings is 1. The summed E-state index contributed by atoms with van der Waals surface area (Å²) >= 11 is 0. The van der Waals surface area contributed by atoms with Crippen molar-refractivity contribution in [1.29, 1.82) is 0 Å². The molecule has 1 aromatic heterocycles. The first kappa shape index (κ1) is 23.6. The van der Waals surface area contributed by atoms with E-state index in [1.165, 1.54) is 25.1 Å². The largest absolute Gasteiger partial charge is 0.618 e. The van der Waals surface area contributed by atoms with Crippen LogP contribution in [0.2, 0.25) is 0 Å². The molecule has 9 heteroatoms. The van der Waals surface area contributed by atoms with Crippen LogP contribution in [0.25, 0.3) is 0 Å². The molecule has 0 saturated carbocycles. The first-order valence-electron chi connectivity index (χ1n) is 10.3. The lowest BCUT2D eigenvalue weighted by molar-refractivity contribution is -0.607. The predicted octanol–water partition coefficient (Wildman–Crippen LogP) is 3.74. The molecule has 1 amide bonds. The van der Waals surface area contributed by atoms with Crippen LogP contribution in [-0.2, 0) is 9.53 Å². The van der Waals surface area contributed by atoms with E-state index < -0.39 is 40.9 Å². The van der Waals surface area contributed by atoms with Crippen LogP contribution < -0.4 is 14.8 Å². The normalized spacial score (nSPS) is 21.9. The number of aromatic nitrogens is 1. The standard InChI is InChI=1S/C23H26F2N2O5/c1-6-31-20-15(7-8-16(24)19(20)25)18-12(2)23(4,5)32-21(18)22(29)26-14-9-10-27(30)17(11-14)13(3)28/h7-12,18,21H,6H2,1-5H3,(H,26,29)/t12-,18-,21+/m1/s1. The zero-order valence-electron chi connectivity index (χ0n) is 18.6. The maximum atomic E-state index is 14.5. The summed E-state index contributed by atoms with van der Waals surface area (Å²) in [5.41, 5.74) is -0.305. The van der Waals surface area contributed by atoms with Crippen LogP contribution in [0.4, 0.5) is 14.5 Å². The lowest BCUT2D eigenvalue weighted by Gasteiger charge is -2.26. The molecule has 1 aromatic carbocycles.